The van der Waals surface area contributed by atoms with Gasteiger partial charge in [0.15, 0.2) is 6.10 Å². The van der Waals surface area contributed by atoms with Crippen LogP contribution in [0.3, 0.4) is 0 Å². The second kappa shape index (κ2) is 8.94. The average molecular weight is 453 g/mol. The van der Waals surface area contributed by atoms with Gasteiger partial charge in [-0.25, -0.2) is 4.79 Å². The van der Waals surface area contributed by atoms with Crippen molar-refractivity contribution in [2.24, 2.45) is 0 Å². The molecule has 1 aromatic rings. The number of hydrogen-bond donors (Lipinski definition) is 2. The van der Waals surface area contributed by atoms with Gasteiger partial charge in [0.1, 0.15) is 18.4 Å². The van der Waals surface area contributed by atoms with Gasteiger partial charge >= 0.3 is 18.2 Å². The fourth-order valence-electron chi connectivity index (χ4n) is 2.54. The van der Waals surface area contributed by atoms with Crippen LogP contribution in [-0.2, 0) is 14.3 Å². The molecule has 2 atom stereocenters. The first-order valence-electron chi connectivity index (χ1n) is 8.93. The molecule has 0 saturated heterocycles. The van der Waals surface area contributed by atoms with Gasteiger partial charge in [-0.15, -0.1) is 0 Å². The summed E-state index contributed by atoms with van der Waals surface area (Å²) >= 11 is 0. The molecule has 1 aliphatic heterocycles. The second-order valence-corrected chi connectivity index (χ2v) is 6.84. The van der Waals surface area contributed by atoms with Crippen LogP contribution in [-0.4, -0.2) is 62.4 Å². The predicted molar refractivity (Wildman–Crippen MR) is 97.0 cm³/mol. The molecule has 0 radical (unpaired) electrons. The van der Waals surface area contributed by atoms with Gasteiger partial charge in [-0.2, -0.15) is 22.0 Å². The van der Waals surface area contributed by atoms with E-state index < -0.39 is 48.7 Å². The largest absolute Gasteiger partial charge is 0.489 e. The molecule has 0 unspecified atom stereocenters. The summed E-state index contributed by atoms with van der Waals surface area (Å²) in [5.74, 6) is -6.26. The number of nitrogens with one attached hydrogen (secondary N) is 2. The third-order valence-electron chi connectivity index (χ3n) is 4.35. The van der Waals surface area contributed by atoms with E-state index in [1.54, 1.807) is 18.2 Å². The lowest BCUT2D eigenvalue weighted by atomic mass is 10.2. The summed E-state index contributed by atoms with van der Waals surface area (Å²) in [6.45, 7) is 0.591. The molecule has 2 rings (SSSR count). The number of amides is 3. The Bertz CT molecular complexity index is 861. The van der Waals surface area contributed by atoms with Crippen molar-refractivity contribution in [3.8, 4) is 5.75 Å². The Morgan fingerprint density at radius 2 is 1.94 bits per heavy atom. The van der Waals surface area contributed by atoms with Crippen molar-refractivity contribution in [3.05, 3.63) is 23.8 Å². The number of nitrogens with zero attached hydrogens (tertiary/aromatic N) is 1. The van der Waals surface area contributed by atoms with Gasteiger partial charge in [0.25, 0.3) is 11.8 Å². The molecule has 13 heteroatoms. The number of likely N-dealkylation sites (N-methyl/N-ethyl adjacent to an activating group) is 1. The van der Waals surface area contributed by atoms with E-state index in [1.165, 1.54) is 17.3 Å². The number of alkyl carbamates (subject to hydrolysis) is 1. The van der Waals surface area contributed by atoms with Gasteiger partial charge in [0.05, 0.1) is 12.2 Å². The Kier molecular flexibility index (Phi) is 6.96. The Balaban J connectivity index is 1.94. The lowest BCUT2D eigenvalue weighted by Gasteiger charge is -2.22. The predicted octanol–water partition coefficient (Wildman–Crippen LogP) is 2.15. The molecule has 0 fully saturated rings. The van der Waals surface area contributed by atoms with Crippen LogP contribution in [0.1, 0.15) is 12.5 Å². The topological polar surface area (TPSA) is 97.0 Å². The average Bonchev–Trinajstić information content (AvgIpc) is 2.77. The summed E-state index contributed by atoms with van der Waals surface area (Å²) in [5, 5.41) is 3.55. The molecule has 0 spiro atoms. The lowest BCUT2D eigenvalue weighted by Crippen LogP contribution is -2.52. The number of rotatable bonds is 5. The van der Waals surface area contributed by atoms with Gasteiger partial charge in [0, 0.05) is 7.05 Å². The van der Waals surface area contributed by atoms with E-state index in [1.807, 2.05) is 6.92 Å². The first kappa shape index (κ1) is 24.2. The molecule has 0 saturated carbocycles. The summed E-state index contributed by atoms with van der Waals surface area (Å²) in [7, 11) is 1.47. The molecule has 0 aromatic heterocycles. The van der Waals surface area contributed by atoms with E-state index in [2.05, 4.69) is 10.1 Å². The number of aryl methyl sites for hydroxylation is 1. The lowest BCUT2D eigenvalue weighted by molar-refractivity contribution is -0.278. The zero-order valence-electron chi connectivity index (χ0n) is 16.7. The summed E-state index contributed by atoms with van der Waals surface area (Å²) in [5.41, 5.74) is 1.35. The number of anilines is 1. The highest BCUT2D eigenvalue weighted by Gasteiger charge is 2.57. The SMILES string of the molecule is Cc1ccc2c(c1)OC[C@H](NC(=O)[C@H](C)OC(=O)NCC(F)(F)C(F)(F)F)C(=O)N2C. The van der Waals surface area contributed by atoms with Gasteiger partial charge in [-0.05, 0) is 31.5 Å². The summed E-state index contributed by atoms with van der Waals surface area (Å²) in [4.78, 5) is 37.6. The summed E-state index contributed by atoms with van der Waals surface area (Å²) in [6, 6.07) is 3.98. The molecular formula is C18H20F5N3O5. The first-order valence-corrected chi connectivity index (χ1v) is 8.93. The van der Waals surface area contributed by atoms with E-state index in [4.69, 9.17) is 4.74 Å². The molecular weight excluding hydrogens is 433 g/mol. The summed E-state index contributed by atoms with van der Waals surface area (Å²) in [6.07, 6.45) is -9.11. The van der Waals surface area contributed by atoms with Crippen molar-refractivity contribution < 1.29 is 45.8 Å². The quantitative estimate of drug-likeness (QED) is 0.666. The van der Waals surface area contributed by atoms with E-state index in [0.717, 1.165) is 12.5 Å². The Morgan fingerprint density at radius 3 is 2.55 bits per heavy atom. The van der Waals surface area contributed by atoms with Crippen molar-refractivity contribution in [3.63, 3.8) is 0 Å². The molecule has 2 N–H and O–H groups in total. The van der Waals surface area contributed by atoms with E-state index >= 15 is 0 Å². The van der Waals surface area contributed by atoms with Crippen LogP contribution in [0.5, 0.6) is 5.75 Å². The fourth-order valence-corrected chi connectivity index (χ4v) is 2.54. The van der Waals surface area contributed by atoms with E-state index in [9.17, 15) is 36.3 Å². The molecule has 0 bridgehead atoms. The highest BCUT2D eigenvalue weighted by Crippen LogP contribution is 2.34. The number of ether oxygens (including phenoxy) is 2. The Labute approximate surface area is 173 Å². The van der Waals surface area contributed by atoms with Gasteiger partial charge in [-0.3, -0.25) is 9.59 Å². The highest BCUT2D eigenvalue weighted by molar-refractivity contribution is 6.01. The minimum Gasteiger partial charge on any atom is -0.489 e. The molecule has 1 aliphatic rings. The number of alkyl halides is 5. The minimum absolute atomic E-state index is 0.234. The molecule has 31 heavy (non-hydrogen) atoms. The second-order valence-electron chi connectivity index (χ2n) is 6.84. The molecule has 3 amide bonds. The van der Waals surface area contributed by atoms with Crippen LogP contribution >= 0.6 is 0 Å². The molecule has 8 nitrogen and oxygen atoms in total. The van der Waals surface area contributed by atoms with Crippen molar-refractivity contribution in [2.45, 2.75) is 38.1 Å². The number of fused-ring (bicyclic) bond motifs is 1. The van der Waals surface area contributed by atoms with Crippen LogP contribution in [0.25, 0.3) is 0 Å². The maximum absolute atomic E-state index is 12.8. The number of carbonyl (C=O) groups excluding carboxylic acids is 3. The van der Waals surface area contributed by atoms with Crippen LogP contribution in [0, 0.1) is 6.92 Å². The maximum atomic E-state index is 12.8. The van der Waals surface area contributed by atoms with Crippen molar-refractivity contribution >= 4 is 23.6 Å². The van der Waals surface area contributed by atoms with Crippen molar-refractivity contribution in [2.75, 3.05) is 25.1 Å². The highest BCUT2D eigenvalue weighted by atomic mass is 19.4. The first-order chi connectivity index (χ1) is 14.2. The van der Waals surface area contributed by atoms with Gasteiger partial charge in [-0.1, -0.05) is 6.07 Å². The number of benzene rings is 1. The Hall–Kier alpha value is -3.12. The number of carbonyl (C=O) groups is 3. The smallest absolute Gasteiger partial charge is 0.455 e. The third kappa shape index (κ3) is 5.73. The monoisotopic (exact) mass is 453 g/mol. The molecule has 1 aromatic carbocycles. The third-order valence-corrected chi connectivity index (χ3v) is 4.35. The molecule has 0 aliphatic carbocycles. The standard InChI is InChI=1S/C18H20F5N3O5/c1-9-4-5-12-13(6-9)30-7-11(15(28)26(12)3)25-14(27)10(2)31-16(29)24-8-17(19,20)18(21,22)23/h4-6,10-11H,7-8H2,1-3H3,(H,24,29)(H,25,27)/t10-,11-/m0/s1. The fraction of sp³-hybridized carbons (Fsp3) is 0.500. The number of halogens is 5. The Morgan fingerprint density at radius 1 is 1.29 bits per heavy atom. The maximum Gasteiger partial charge on any atom is 0.455 e. The number of hydrogen-bond acceptors (Lipinski definition) is 5. The van der Waals surface area contributed by atoms with Gasteiger partial charge < -0.3 is 25.0 Å². The minimum atomic E-state index is -5.86. The van der Waals surface area contributed by atoms with E-state index in [-0.39, 0.29) is 6.61 Å². The molecule has 172 valence electrons. The normalized spacial score (nSPS) is 17.7. The van der Waals surface area contributed by atoms with Crippen molar-refractivity contribution in [1.82, 2.24) is 10.6 Å². The van der Waals surface area contributed by atoms with Crippen molar-refractivity contribution in [1.29, 1.82) is 0 Å². The van der Waals surface area contributed by atoms with Crippen LogP contribution in [0.2, 0.25) is 0 Å². The van der Waals surface area contributed by atoms with Crippen LogP contribution in [0.15, 0.2) is 18.2 Å². The summed E-state index contributed by atoms with van der Waals surface area (Å²) < 4.78 is 72.0. The van der Waals surface area contributed by atoms with Crippen LogP contribution in [0.4, 0.5) is 32.4 Å². The van der Waals surface area contributed by atoms with Crippen LogP contribution < -0.4 is 20.3 Å². The zero-order chi connectivity index (χ0) is 23.6. The zero-order valence-corrected chi connectivity index (χ0v) is 16.7. The molecule has 1 heterocycles. The van der Waals surface area contributed by atoms with E-state index in [0.29, 0.717) is 11.4 Å². The van der Waals surface area contributed by atoms with Gasteiger partial charge in [0.2, 0.25) is 0 Å².